The number of hydrogen-bond acceptors (Lipinski definition) is 5. The molecular weight excluding hydrogens is 392 g/mol. The molecule has 0 aromatic heterocycles. The molecule has 144 valence electrons. The van der Waals surface area contributed by atoms with Gasteiger partial charge in [-0.25, -0.2) is 13.1 Å². The van der Waals surface area contributed by atoms with Gasteiger partial charge in [-0.15, -0.1) is 0 Å². The highest BCUT2D eigenvalue weighted by atomic mass is 35.5. The number of aryl methyl sites for hydroxylation is 1. The van der Waals surface area contributed by atoms with E-state index in [0.29, 0.717) is 10.7 Å². The SMILES string of the molecule is Cc1cccc(NC(=O)COC(=O)CCNS(=O)(=O)c2ccc(Cl)cc2)c1. The molecule has 7 nitrogen and oxygen atoms in total. The van der Waals surface area contributed by atoms with Crippen LogP contribution < -0.4 is 10.0 Å². The molecule has 2 rings (SSSR count). The van der Waals surface area contributed by atoms with E-state index in [9.17, 15) is 18.0 Å². The Kier molecular flexibility index (Phi) is 7.35. The van der Waals surface area contributed by atoms with Gasteiger partial charge in [0.1, 0.15) is 0 Å². The van der Waals surface area contributed by atoms with Gasteiger partial charge >= 0.3 is 5.97 Å². The van der Waals surface area contributed by atoms with Gasteiger partial charge < -0.3 is 10.1 Å². The van der Waals surface area contributed by atoms with Crippen molar-refractivity contribution in [1.82, 2.24) is 4.72 Å². The van der Waals surface area contributed by atoms with Crippen molar-refractivity contribution in [3.05, 3.63) is 59.1 Å². The molecule has 27 heavy (non-hydrogen) atoms. The van der Waals surface area contributed by atoms with Crippen molar-refractivity contribution in [3.63, 3.8) is 0 Å². The smallest absolute Gasteiger partial charge is 0.307 e. The summed E-state index contributed by atoms with van der Waals surface area (Å²) in [5, 5.41) is 3.02. The van der Waals surface area contributed by atoms with Crippen LogP contribution in [-0.2, 0) is 24.3 Å². The summed E-state index contributed by atoms with van der Waals surface area (Å²) < 4.78 is 31.2. The van der Waals surface area contributed by atoms with Gasteiger partial charge in [0.2, 0.25) is 10.0 Å². The van der Waals surface area contributed by atoms with E-state index in [2.05, 4.69) is 10.0 Å². The lowest BCUT2D eigenvalue weighted by molar-refractivity contribution is -0.147. The zero-order valence-electron chi connectivity index (χ0n) is 14.6. The van der Waals surface area contributed by atoms with Crippen LogP contribution in [0.15, 0.2) is 53.4 Å². The first-order chi connectivity index (χ1) is 12.8. The molecule has 2 aromatic carbocycles. The van der Waals surface area contributed by atoms with E-state index in [1.807, 2.05) is 13.0 Å². The number of amides is 1. The zero-order chi connectivity index (χ0) is 19.9. The second-order valence-electron chi connectivity index (χ2n) is 5.68. The minimum Gasteiger partial charge on any atom is -0.456 e. The standard InChI is InChI=1S/C18H19ClN2O5S/c1-13-3-2-4-15(11-13)21-17(22)12-26-18(23)9-10-20-27(24,25)16-7-5-14(19)6-8-16/h2-8,11,20H,9-10,12H2,1H3,(H,21,22). The van der Waals surface area contributed by atoms with Gasteiger partial charge in [0.15, 0.2) is 6.61 Å². The zero-order valence-corrected chi connectivity index (χ0v) is 16.1. The summed E-state index contributed by atoms with van der Waals surface area (Å²) in [5.74, 6) is -1.16. The first-order valence-corrected chi connectivity index (χ1v) is 9.90. The van der Waals surface area contributed by atoms with E-state index >= 15 is 0 Å². The van der Waals surface area contributed by atoms with Crippen LogP contribution in [0.4, 0.5) is 5.69 Å². The van der Waals surface area contributed by atoms with E-state index in [4.69, 9.17) is 16.3 Å². The summed E-state index contributed by atoms with van der Waals surface area (Å²) in [6, 6.07) is 12.8. The molecule has 2 aromatic rings. The minimum absolute atomic E-state index is 0.0396. The molecule has 0 fully saturated rings. The molecule has 2 N–H and O–H groups in total. The van der Waals surface area contributed by atoms with Gasteiger partial charge in [-0.2, -0.15) is 0 Å². The summed E-state index contributed by atoms with van der Waals surface area (Å²) in [6.07, 6.45) is -0.204. The second-order valence-corrected chi connectivity index (χ2v) is 7.88. The summed E-state index contributed by atoms with van der Waals surface area (Å²) >= 11 is 5.72. The lowest BCUT2D eigenvalue weighted by Gasteiger charge is -2.08. The number of ether oxygens (including phenoxy) is 1. The van der Waals surface area contributed by atoms with Crippen molar-refractivity contribution in [2.24, 2.45) is 0 Å². The summed E-state index contributed by atoms with van der Waals surface area (Å²) in [4.78, 5) is 23.5. The first kappa shape index (κ1) is 20.9. The van der Waals surface area contributed by atoms with E-state index in [-0.39, 0.29) is 17.9 Å². The number of hydrogen-bond donors (Lipinski definition) is 2. The molecule has 9 heteroatoms. The maximum Gasteiger partial charge on any atom is 0.307 e. The third-order valence-electron chi connectivity index (χ3n) is 3.41. The Labute approximate surface area is 162 Å². The number of nitrogens with one attached hydrogen (secondary N) is 2. The quantitative estimate of drug-likeness (QED) is 0.651. The molecule has 0 aliphatic rings. The molecule has 0 spiro atoms. The van der Waals surface area contributed by atoms with Crippen LogP contribution in [0.5, 0.6) is 0 Å². The maximum atomic E-state index is 12.1. The molecule has 0 aliphatic carbocycles. The molecule has 1 amide bonds. The monoisotopic (exact) mass is 410 g/mol. The first-order valence-electron chi connectivity index (χ1n) is 8.04. The Morgan fingerprint density at radius 2 is 1.81 bits per heavy atom. The molecule has 0 bridgehead atoms. The highest BCUT2D eigenvalue weighted by molar-refractivity contribution is 7.89. The normalized spacial score (nSPS) is 11.0. The van der Waals surface area contributed by atoms with Gasteiger partial charge in [0.05, 0.1) is 11.3 Å². The van der Waals surface area contributed by atoms with E-state index in [0.717, 1.165) is 5.56 Å². The number of anilines is 1. The number of carbonyl (C=O) groups is 2. The molecular formula is C18H19ClN2O5S. The van der Waals surface area contributed by atoms with Gasteiger partial charge in [0, 0.05) is 17.3 Å². The third-order valence-corrected chi connectivity index (χ3v) is 5.14. The fraction of sp³-hybridized carbons (Fsp3) is 0.222. The molecule has 0 heterocycles. The van der Waals surface area contributed by atoms with Crippen LogP contribution in [0, 0.1) is 6.92 Å². The van der Waals surface area contributed by atoms with Crippen LogP contribution in [-0.4, -0.2) is 33.4 Å². The van der Waals surface area contributed by atoms with Gasteiger partial charge in [0.25, 0.3) is 5.91 Å². The highest BCUT2D eigenvalue weighted by Gasteiger charge is 2.15. The lowest BCUT2D eigenvalue weighted by Crippen LogP contribution is -2.28. The average Bonchev–Trinajstić information content (AvgIpc) is 2.60. The predicted molar refractivity (Wildman–Crippen MR) is 102 cm³/mol. The molecule has 0 saturated carbocycles. The molecule has 0 atom stereocenters. The largest absolute Gasteiger partial charge is 0.456 e. The van der Waals surface area contributed by atoms with Gasteiger partial charge in [-0.3, -0.25) is 9.59 Å². The van der Waals surface area contributed by atoms with Crippen LogP contribution in [0.3, 0.4) is 0 Å². The van der Waals surface area contributed by atoms with Crippen molar-refractivity contribution >= 4 is 39.2 Å². The number of carbonyl (C=O) groups excluding carboxylic acids is 2. The van der Waals surface area contributed by atoms with Crippen molar-refractivity contribution in [1.29, 1.82) is 0 Å². The minimum atomic E-state index is -3.74. The Hall–Kier alpha value is -2.42. The Balaban J connectivity index is 1.73. The molecule has 0 saturated heterocycles. The molecule has 0 radical (unpaired) electrons. The van der Waals surface area contributed by atoms with Crippen LogP contribution in [0.1, 0.15) is 12.0 Å². The fourth-order valence-corrected chi connectivity index (χ4v) is 3.28. The average molecular weight is 411 g/mol. The summed E-state index contributed by atoms with van der Waals surface area (Å²) in [5.41, 5.74) is 1.59. The predicted octanol–water partition coefficient (Wildman–Crippen LogP) is 2.50. The van der Waals surface area contributed by atoms with Crippen molar-refractivity contribution < 1.29 is 22.7 Å². The van der Waals surface area contributed by atoms with Crippen molar-refractivity contribution in [2.45, 2.75) is 18.2 Å². The Morgan fingerprint density at radius 1 is 1.11 bits per heavy atom. The fourth-order valence-electron chi connectivity index (χ4n) is 2.12. The van der Waals surface area contributed by atoms with Crippen LogP contribution >= 0.6 is 11.6 Å². The number of sulfonamides is 1. The summed E-state index contributed by atoms with van der Waals surface area (Å²) in [7, 11) is -3.74. The van der Waals surface area contributed by atoms with Crippen LogP contribution in [0.2, 0.25) is 5.02 Å². The van der Waals surface area contributed by atoms with Gasteiger partial charge in [-0.05, 0) is 48.9 Å². The topological polar surface area (TPSA) is 102 Å². The van der Waals surface area contributed by atoms with E-state index in [1.54, 1.807) is 18.2 Å². The number of esters is 1. The molecule has 0 unspecified atom stereocenters. The Bertz CT molecular complexity index is 914. The number of benzene rings is 2. The maximum absolute atomic E-state index is 12.1. The van der Waals surface area contributed by atoms with Crippen molar-refractivity contribution in [3.8, 4) is 0 Å². The van der Waals surface area contributed by atoms with E-state index < -0.39 is 28.5 Å². The van der Waals surface area contributed by atoms with Crippen molar-refractivity contribution in [2.75, 3.05) is 18.5 Å². The number of halogens is 1. The molecule has 0 aliphatic heterocycles. The Morgan fingerprint density at radius 3 is 2.48 bits per heavy atom. The van der Waals surface area contributed by atoms with Crippen LogP contribution in [0.25, 0.3) is 0 Å². The highest BCUT2D eigenvalue weighted by Crippen LogP contribution is 2.13. The number of rotatable bonds is 8. The second kappa shape index (κ2) is 9.50. The lowest BCUT2D eigenvalue weighted by atomic mass is 10.2. The summed E-state index contributed by atoms with van der Waals surface area (Å²) in [6.45, 7) is 1.29. The van der Waals surface area contributed by atoms with E-state index in [1.165, 1.54) is 24.3 Å². The van der Waals surface area contributed by atoms with Gasteiger partial charge in [-0.1, -0.05) is 23.7 Å². The third kappa shape index (κ3) is 7.01.